The van der Waals surface area contributed by atoms with E-state index in [0.717, 1.165) is 21.4 Å². The van der Waals surface area contributed by atoms with Gasteiger partial charge in [0.25, 0.3) is 0 Å². The smallest absolute Gasteiger partial charge is 0.321 e. The van der Waals surface area contributed by atoms with Gasteiger partial charge in [0, 0.05) is 24.0 Å². The van der Waals surface area contributed by atoms with Gasteiger partial charge in [0.15, 0.2) is 0 Å². The summed E-state index contributed by atoms with van der Waals surface area (Å²) in [6.45, 7) is 0.389. The first kappa shape index (κ1) is 13.4. The van der Waals surface area contributed by atoms with Gasteiger partial charge in [-0.15, -0.1) is 0 Å². The first-order chi connectivity index (χ1) is 10.0. The zero-order valence-corrected chi connectivity index (χ0v) is 11.3. The lowest BCUT2D eigenvalue weighted by atomic mass is 9.97. The molecular weight excluding hydrogens is 270 g/mol. The maximum atomic E-state index is 12.0. The molecule has 6 heteroatoms. The van der Waals surface area contributed by atoms with Crippen molar-refractivity contribution in [2.24, 2.45) is 11.7 Å². The highest BCUT2D eigenvalue weighted by molar-refractivity contribution is 5.96. The quantitative estimate of drug-likeness (QED) is 0.861. The van der Waals surface area contributed by atoms with Crippen molar-refractivity contribution in [3.63, 3.8) is 0 Å². The summed E-state index contributed by atoms with van der Waals surface area (Å²) < 4.78 is 0. The van der Waals surface area contributed by atoms with E-state index in [1.54, 1.807) is 6.07 Å². The van der Waals surface area contributed by atoms with Gasteiger partial charge in [-0.05, 0) is 42.0 Å². The minimum Gasteiger partial charge on any atom is -0.351 e. The molecule has 1 saturated heterocycles. The molecule has 0 bridgehead atoms. The highest BCUT2D eigenvalue weighted by atomic mass is 16.2. The van der Waals surface area contributed by atoms with Gasteiger partial charge in [-0.3, -0.25) is 14.5 Å². The van der Waals surface area contributed by atoms with Crippen LogP contribution in [-0.4, -0.2) is 28.4 Å². The molecular formula is C15H15N3O3. The van der Waals surface area contributed by atoms with Crippen molar-refractivity contribution >= 4 is 22.8 Å². The van der Waals surface area contributed by atoms with Gasteiger partial charge in [-0.25, -0.2) is 4.79 Å². The topological polar surface area (TPSA) is 96.3 Å². The number of hydrogen-bond donors (Lipinski definition) is 2. The Kier molecular flexibility index (Phi) is 3.21. The van der Waals surface area contributed by atoms with Crippen LogP contribution >= 0.6 is 0 Å². The lowest BCUT2D eigenvalue weighted by Crippen LogP contribution is -2.38. The number of nitrogens with zero attached hydrogens (tertiary/aromatic N) is 1. The first-order valence-electron chi connectivity index (χ1n) is 6.77. The highest BCUT2D eigenvalue weighted by Gasteiger charge is 2.34. The van der Waals surface area contributed by atoms with Gasteiger partial charge in [0.2, 0.25) is 11.5 Å². The van der Waals surface area contributed by atoms with E-state index in [1.807, 2.05) is 18.2 Å². The van der Waals surface area contributed by atoms with Crippen molar-refractivity contribution in [3.8, 4) is 0 Å². The molecule has 1 atom stereocenters. The van der Waals surface area contributed by atoms with Crippen molar-refractivity contribution < 1.29 is 9.59 Å². The van der Waals surface area contributed by atoms with Gasteiger partial charge in [0.05, 0.1) is 0 Å². The zero-order valence-electron chi connectivity index (χ0n) is 11.3. The van der Waals surface area contributed by atoms with E-state index in [4.69, 9.17) is 5.73 Å². The van der Waals surface area contributed by atoms with E-state index in [2.05, 4.69) is 4.98 Å². The molecule has 3 N–H and O–H groups in total. The molecule has 1 aromatic heterocycles. The number of nitrogens with one attached hydrogen (secondary N) is 1. The summed E-state index contributed by atoms with van der Waals surface area (Å²) in [6, 6.07) is 8.21. The third-order valence-electron chi connectivity index (χ3n) is 3.85. The average Bonchev–Trinajstić information content (AvgIpc) is 2.80. The Hall–Kier alpha value is -2.63. The van der Waals surface area contributed by atoms with Crippen LogP contribution in [0.5, 0.6) is 0 Å². The van der Waals surface area contributed by atoms with Crippen molar-refractivity contribution in [1.82, 2.24) is 9.88 Å². The van der Waals surface area contributed by atoms with Gasteiger partial charge in [-0.1, -0.05) is 6.07 Å². The molecule has 108 valence electrons. The van der Waals surface area contributed by atoms with Gasteiger partial charge in [-0.2, -0.15) is 0 Å². The van der Waals surface area contributed by atoms with Crippen LogP contribution in [-0.2, 0) is 11.2 Å². The maximum Gasteiger partial charge on any atom is 0.321 e. The molecule has 0 radical (unpaired) electrons. The SMILES string of the molecule is NC(=O)N1CCC(Cc2ccc3[nH]c(=O)ccc3c2)C1=O. The average molecular weight is 285 g/mol. The number of nitrogens with two attached hydrogens (primary N) is 1. The normalized spacial score (nSPS) is 18.4. The summed E-state index contributed by atoms with van der Waals surface area (Å²) in [5, 5.41) is 0.921. The number of benzene rings is 1. The maximum absolute atomic E-state index is 12.0. The molecule has 21 heavy (non-hydrogen) atoms. The standard InChI is InChI=1S/C15H15N3O3/c16-15(21)18-6-5-11(14(18)20)8-9-1-3-12-10(7-9)2-4-13(19)17-12/h1-4,7,11H,5-6,8H2,(H2,16,21)(H,17,19). The fourth-order valence-corrected chi connectivity index (χ4v) is 2.76. The number of aromatic amines is 1. The van der Waals surface area contributed by atoms with Gasteiger partial charge >= 0.3 is 6.03 Å². The number of imide groups is 1. The number of urea groups is 1. The second-order valence-electron chi connectivity index (χ2n) is 5.26. The van der Waals surface area contributed by atoms with E-state index in [-0.39, 0.29) is 17.4 Å². The molecule has 1 aromatic carbocycles. The largest absolute Gasteiger partial charge is 0.351 e. The van der Waals surface area contributed by atoms with Crippen LogP contribution in [0.3, 0.4) is 0 Å². The number of carbonyl (C=O) groups is 2. The minimum absolute atomic E-state index is 0.140. The fourth-order valence-electron chi connectivity index (χ4n) is 2.76. The summed E-state index contributed by atoms with van der Waals surface area (Å²) in [4.78, 5) is 38.2. The van der Waals surface area contributed by atoms with Crippen molar-refractivity contribution in [2.75, 3.05) is 6.54 Å². The number of primary amides is 1. The Morgan fingerprint density at radius 1 is 1.29 bits per heavy atom. The molecule has 1 fully saturated rings. The first-order valence-corrected chi connectivity index (χ1v) is 6.77. The number of hydrogen-bond acceptors (Lipinski definition) is 3. The Morgan fingerprint density at radius 2 is 2.10 bits per heavy atom. The second kappa shape index (κ2) is 5.05. The van der Waals surface area contributed by atoms with E-state index in [9.17, 15) is 14.4 Å². The van der Waals surface area contributed by atoms with Gasteiger partial charge in [0.1, 0.15) is 0 Å². The van der Waals surface area contributed by atoms with Crippen LogP contribution in [0.2, 0.25) is 0 Å². The molecule has 6 nitrogen and oxygen atoms in total. The molecule has 0 aliphatic carbocycles. The highest BCUT2D eigenvalue weighted by Crippen LogP contribution is 2.23. The lowest BCUT2D eigenvalue weighted by molar-refractivity contribution is -0.128. The Labute approximate surface area is 120 Å². The Bertz CT molecular complexity index is 781. The third-order valence-corrected chi connectivity index (χ3v) is 3.85. The molecule has 1 unspecified atom stereocenters. The van der Waals surface area contributed by atoms with Crippen molar-refractivity contribution in [2.45, 2.75) is 12.8 Å². The summed E-state index contributed by atoms with van der Waals surface area (Å²) >= 11 is 0. The predicted molar refractivity (Wildman–Crippen MR) is 77.7 cm³/mol. The molecule has 1 aliphatic rings. The summed E-state index contributed by atoms with van der Waals surface area (Å²) in [5.41, 5.74) is 6.79. The summed E-state index contributed by atoms with van der Waals surface area (Å²) in [6.07, 6.45) is 1.20. The summed E-state index contributed by atoms with van der Waals surface area (Å²) in [7, 11) is 0. The fraction of sp³-hybridized carbons (Fsp3) is 0.267. The second-order valence-corrected chi connectivity index (χ2v) is 5.26. The molecule has 3 rings (SSSR count). The van der Waals surface area contributed by atoms with Crippen LogP contribution in [0.25, 0.3) is 10.9 Å². The van der Waals surface area contributed by atoms with Crippen molar-refractivity contribution in [1.29, 1.82) is 0 Å². The number of rotatable bonds is 2. The van der Waals surface area contributed by atoms with Crippen LogP contribution in [0, 0.1) is 5.92 Å². The summed E-state index contributed by atoms with van der Waals surface area (Å²) in [5.74, 6) is -0.415. The van der Waals surface area contributed by atoms with E-state index < -0.39 is 6.03 Å². The number of fused-ring (bicyclic) bond motifs is 1. The van der Waals surface area contributed by atoms with Crippen molar-refractivity contribution in [3.05, 3.63) is 46.2 Å². The molecule has 2 heterocycles. The minimum atomic E-state index is -0.682. The number of carbonyl (C=O) groups excluding carboxylic acids is 2. The molecule has 2 aromatic rings. The molecule has 0 saturated carbocycles. The van der Waals surface area contributed by atoms with Crippen LogP contribution in [0.15, 0.2) is 35.1 Å². The van der Waals surface area contributed by atoms with Crippen LogP contribution in [0.1, 0.15) is 12.0 Å². The Morgan fingerprint density at radius 3 is 2.81 bits per heavy atom. The van der Waals surface area contributed by atoms with Gasteiger partial charge < -0.3 is 10.7 Å². The lowest BCUT2D eigenvalue weighted by Gasteiger charge is -2.12. The number of H-pyrrole nitrogens is 1. The Balaban J connectivity index is 1.82. The number of amides is 3. The molecule has 1 aliphatic heterocycles. The number of aromatic nitrogens is 1. The monoisotopic (exact) mass is 285 g/mol. The van der Waals surface area contributed by atoms with Crippen LogP contribution < -0.4 is 11.3 Å². The van der Waals surface area contributed by atoms with E-state index in [1.165, 1.54) is 6.07 Å². The molecule has 3 amide bonds. The van der Waals surface area contributed by atoms with Crippen LogP contribution in [0.4, 0.5) is 4.79 Å². The number of likely N-dealkylation sites (tertiary alicyclic amines) is 1. The number of pyridine rings is 1. The van der Waals surface area contributed by atoms with E-state index >= 15 is 0 Å². The van der Waals surface area contributed by atoms with E-state index in [0.29, 0.717) is 19.4 Å². The zero-order chi connectivity index (χ0) is 15.0. The third kappa shape index (κ3) is 2.52. The predicted octanol–water partition coefficient (Wildman–Crippen LogP) is 0.998. The molecule has 0 spiro atoms.